The van der Waals surface area contributed by atoms with Gasteiger partial charge in [-0.05, 0) is 0 Å². The van der Waals surface area contributed by atoms with Crippen LogP contribution in [0, 0.1) is 29.6 Å². The maximum absolute atomic E-state index is 8.52. The quantitative estimate of drug-likeness (QED) is 0.398. The summed E-state index contributed by atoms with van der Waals surface area (Å²) in [6.45, 7) is 0. The molecule has 0 spiro atoms. The maximum Gasteiger partial charge on any atom is 2.00 e. The Kier molecular flexibility index (Phi) is 21.3. The van der Waals surface area contributed by atoms with Crippen molar-refractivity contribution in [1.82, 2.24) is 0 Å². The Morgan fingerprint density at radius 1 is 0.556 bits per heavy atom. The van der Waals surface area contributed by atoms with Crippen molar-refractivity contribution in [2.24, 2.45) is 0 Å². The molecule has 0 aliphatic rings. The largest absolute Gasteiger partial charge is 2.00 e. The third-order valence-corrected chi connectivity index (χ3v) is 0. The smallest absolute Gasteiger partial charge is 0.405 e. The molecular weight excluding hydrogens is 265 g/mol. The van der Waals surface area contributed by atoms with Crippen LogP contribution in [0.4, 0.5) is 0 Å². The van der Waals surface area contributed by atoms with E-state index in [9.17, 15) is 0 Å². The second kappa shape index (κ2) is 11.7. The monoisotopic (exact) mass is 263 g/mol. The van der Waals surface area contributed by atoms with Gasteiger partial charge in [-0.15, -0.1) is 0 Å². The average Bonchev–Trinajstić information content (AvgIpc) is 1.25. The molecule has 0 atom stereocenters. The van der Waals surface area contributed by atoms with E-state index in [0.29, 0.717) is 0 Å². The van der Waals surface area contributed by atoms with Crippen LogP contribution < -0.4 is 25.2 Å². The van der Waals surface area contributed by atoms with Gasteiger partial charge < -0.3 is 25.2 Å². The van der Waals surface area contributed by atoms with Gasteiger partial charge in [0.2, 0.25) is 29.6 Å². The predicted octanol–water partition coefficient (Wildman–Crippen LogP) is -7.51. The van der Waals surface area contributed by atoms with Crippen molar-refractivity contribution >= 4 is 10.1 Å². The van der Waals surface area contributed by atoms with Gasteiger partial charge in [0.1, 0.15) is 0 Å². The summed E-state index contributed by atoms with van der Waals surface area (Å²) in [5, 5.41) is 0. The van der Waals surface area contributed by atoms with Gasteiger partial charge in [-0.2, -0.15) is 0 Å². The van der Waals surface area contributed by atoms with E-state index in [1.54, 1.807) is 0 Å². The van der Waals surface area contributed by atoms with Gasteiger partial charge in [0.25, 0.3) is 0 Å². The summed E-state index contributed by atoms with van der Waals surface area (Å²) in [5.74, 6) is 0. The third-order valence-electron chi connectivity index (χ3n) is 0. The van der Waals surface area contributed by atoms with Crippen LogP contribution in [0.1, 0.15) is 0 Å². The van der Waals surface area contributed by atoms with Gasteiger partial charge in [-0.3, -0.25) is 0 Å². The second-order valence-corrected chi connectivity index (χ2v) is 1.96. The number of halogens is 2. The van der Waals surface area contributed by atoms with Crippen LogP contribution in [0.25, 0.3) is 0 Å². The SMILES string of the molecule is [Be+2].[O-][Br+2]([O-])[O-].[O-][Br+2]([O-])[O-]. The first-order valence-electron chi connectivity index (χ1n) is 0.926. The Hall–Kier alpha value is 0.889. The molecule has 0 aliphatic carbocycles. The van der Waals surface area contributed by atoms with E-state index < -0.39 is 29.6 Å². The molecule has 0 fully saturated rings. The van der Waals surface area contributed by atoms with Crippen LogP contribution in [0.15, 0.2) is 0 Å². The third kappa shape index (κ3) is 534. The Morgan fingerprint density at radius 3 is 0.556 bits per heavy atom. The van der Waals surface area contributed by atoms with Gasteiger partial charge in [0.05, 0.1) is 0 Å². The molecule has 52 valence electrons. The van der Waals surface area contributed by atoms with Gasteiger partial charge in [-0.1, -0.05) is 0 Å². The van der Waals surface area contributed by atoms with Gasteiger partial charge >= 0.3 is 10.1 Å². The zero-order valence-corrected chi connectivity index (χ0v) is 7.08. The minimum Gasteiger partial charge on any atom is -0.405 e. The van der Waals surface area contributed by atoms with Crippen molar-refractivity contribution in [1.29, 1.82) is 0 Å². The van der Waals surface area contributed by atoms with Crippen molar-refractivity contribution < 1.29 is 54.8 Å². The molecule has 0 amide bonds. The molecule has 0 aromatic carbocycles. The number of rotatable bonds is 0. The van der Waals surface area contributed by atoms with E-state index >= 15 is 0 Å². The normalized spacial score (nSPS) is 8.00. The molecule has 0 saturated heterocycles. The van der Waals surface area contributed by atoms with E-state index in [0.717, 1.165) is 0 Å². The molecular formula is BeBr2O6. The standard InChI is InChI=1S/Be.2BrO3/c;2*2-1(3)4/q+2;2*-1. The van der Waals surface area contributed by atoms with Crippen molar-refractivity contribution in [3.05, 3.63) is 0 Å². The molecule has 0 saturated carbocycles. The zero-order valence-electron chi connectivity index (χ0n) is 3.91. The molecule has 0 aliphatic heterocycles. The van der Waals surface area contributed by atoms with Gasteiger partial charge in [0, 0.05) is 0 Å². The summed E-state index contributed by atoms with van der Waals surface area (Å²) in [7, 11) is 0. The topological polar surface area (TPSA) is 138 Å². The molecule has 9 heavy (non-hydrogen) atoms. The van der Waals surface area contributed by atoms with Crippen LogP contribution in [0.5, 0.6) is 0 Å². The fourth-order valence-electron chi connectivity index (χ4n) is 0. The first-order valence-corrected chi connectivity index (χ1v) is 4.81. The number of hydrogen-bond donors (Lipinski definition) is 0. The molecule has 0 radical (unpaired) electrons. The maximum atomic E-state index is 8.52. The average molecular weight is 265 g/mol. The minimum atomic E-state index is -3.65. The fourth-order valence-corrected chi connectivity index (χ4v) is 0. The molecule has 0 unspecified atom stereocenters. The summed E-state index contributed by atoms with van der Waals surface area (Å²) < 4.78 is 51.1. The second-order valence-electron chi connectivity index (χ2n) is 0.378. The summed E-state index contributed by atoms with van der Waals surface area (Å²) in [6.07, 6.45) is 0. The number of hydrogen-bond acceptors (Lipinski definition) is 6. The molecule has 6 nitrogen and oxygen atoms in total. The summed E-state index contributed by atoms with van der Waals surface area (Å²) in [5.41, 5.74) is 0. The van der Waals surface area contributed by atoms with Crippen molar-refractivity contribution in [3.8, 4) is 0 Å². The zero-order chi connectivity index (χ0) is 7.15. The van der Waals surface area contributed by atoms with Crippen LogP contribution in [0.2, 0.25) is 0 Å². The van der Waals surface area contributed by atoms with Crippen LogP contribution in [0.3, 0.4) is 0 Å². The Balaban J connectivity index is -0.0000000720. The van der Waals surface area contributed by atoms with Crippen molar-refractivity contribution in [3.63, 3.8) is 0 Å². The molecule has 0 aromatic rings. The van der Waals surface area contributed by atoms with Crippen LogP contribution >= 0.6 is 0 Å². The first-order chi connectivity index (χ1) is 3.46. The Bertz CT molecular complexity index is 26.5. The van der Waals surface area contributed by atoms with Crippen molar-refractivity contribution in [2.45, 2.75) is 0 Å². The fraction of sp³-hybridized carbons (Fsp3) is 0. The molecule has 0 rings (SSSR count). The van der Waals surface area contributed by atoms with E-state index in [-0.39, 0.29) is 10.1 Å². The van der Waals surface area contributed by atoms with Crippen molar-refractivity contribution in [2.75, 3.05) is 0 Å². The summed E-state index contributed by atoms with van der Waals surface area (Å²) in [4.78, 5) is 0. The Morgan fingerprint density at radius 2 is 0.556 bits per heavy atom. The van der Waals surface area contributed by atoms with Crippen LogP contribution in [-0.4, -0.2) is 10.1 Å². The molecule has 0 bridgehead atoms. The minimum absolute atomic E-state index is 0. The molecule has 9 heteroatoms. The van der Waals surface area contributed by atoms with Crippen LogP contribution in [-0.2, 0) is 0 Å². The summed E-state index contributed by atoms with van der Waals surface area (Å²) >= 11 is -7.29. The van der Waals surface area contributed by atoms with E-state index in [1.807, 2.05) is 0 Å². The van der Waals surface area contributed by atoms with Gasteiger partial charge in [0.15, 0.2) is 0 Å². The van der Waals surface area contributed by atoms with E-state index in [1.165, 1.54) is 0 Å². The molecule has 0 heterocycles. The molecule has 0 aromatic heterocycles. The predicted molar refractivity (Wildman–Crippen MR) is 5.75 cm³/mol. The Labute approximate surface area is 65.2 Å². The summed E-state index contributed by atoms with van der Waals surface area (Å²) in [6, 6.07) is 0. The van der Waals surface area contributed by atoms with Gasteiger partial charge in [-0.25, -0.2) is 0 Å². The first kappa shape index (κ1) is 16.5. The van der Waals surface area contributed by atoms with E-state index in [4.69, 9.17) is 25.2 Å². The van der Waals surface area contributed by atoms with E-state index in [2.05, 4.69) is 0 Å². The molecule has 0 N–H and O–H groups in total.